The summed E-state index contributed by atoms with van der Waals surface area (Å²) in [6.45, 7) is 0.391. The van der Waals surface area contributed by atoms with E-state index in [9.17, 15) is 22.8 Å². The third-order valence-corrected chi connectivity index (χ3v) is 7.98. The van der Waals surface area contributed by atoms with Crippen molar-refractivity contribution < 1.29 is 22.4 Å². The zero-order valence-corrected chi connectivity index (χ0v) is 24.2. The molecule has 222 valence electrons. The Morgan fingerprint density at radius 2 is 1.89 bits per heavy atom. The number of anilines is 1. The number of nitrogens with one attached hydrogen (secondary N) is 1. The molecule has 1 N–H and O–H groups in total. The summed E-state index contributed by atoms with van der Waals surface area (Å²) in [5, 5.41) is 7.63. The van der Waals surface area contributed by atoms with E-state index in [1.165, 1.54) is 46.6 Å². The summed E-state index contributed by atoms with van der Waals surface area (Å²) in [4.78, 5) is 32.0. The van der Waals surface area contributed by atoms with E-state index in [2.05, 4.69) is 15.4 Å². The van der Waals surface area contributed by atoms with Gasteiger partial charge in [-0.1, -0.05) is 23.7 Å². The second-order valence-corrected chi connectivity index (χ2v) is 11.4. The van der Waals surface area contributed by atoms with Gasteiger partial charge < -0.3 is 14.3 Å². The molecule has 6 aromatic rings. The Morgan fingerprint density at radius 3 is 2.59 bits per heavy atom. The molecule has 8 nitrogen and oxygen atoms in total. The van der Waals surface area contributed by atoms with E-state index in [1.807, 2.05) is 0 Å². The zero-order valence-electron chi connectivity index (χ0n) is 22.6. The number of rotatable bonds is 8. The highest BCUT2D eigenvalue weighted by atomic mass is 35.5. The van der Waals surface area contributed by atoms with Gasteiger partial charge in [-0.15, -0.1) is 11.3 Å². The first-order valence-electron chi connectivity index (χ1n) is 13.1. The molecule has 1 aromatic carbocycles. The minimum atomic E-state index is -4.76. The maximum atomic E-state index is 13.9. The second-order valence-electron chi connectivity index (χ2n) is 9.63. The molecule has 0 amide bonds. The van der Waals surface area contributed by atoms with Gasteiger partial charge >= 0.3 is 6.18 Å². The van der Waals surface area contributed by atoms with Crippen LogP contribution in [0, 0.1) is 0 Å². The lowest BCUT2D eigenvalue weighted by atomic mass is 10.0. The number of thiophene rings is 1. The predicted molar refractivity (Wildman–Crippen MR) is 161 cm³/mol. The summed E-state index contributed by atoms with van der Waals surface area (Å²) in [6.07, 6.45) is 1.44. The van der Waals surface area contributed by atoms with Crippen LogP contribution in [0.4, 0.5) is 19.0 Å². The molecular formula is C31H21ClF3N5O3S. The Labute approximate surface area is 257 Å². The maximum absolute atomic E-state index is 13.9. The van der Waals surface area contributed by atoms with Gasteiger partial charge in [0.05, 0.1) is 52.5 Å². The van der Waals surface area contributed by atoms with Crippen molar-refractivity contribution in [2.45, 2.75) is 19.3 Å². The van der Waals surface area contributed by atoms with Crippen LogP contribution in [-0.4, -0.2) is 25.2 Å². The summed E-state index contributed by atoms with van der Waals surface area (Å²) in [7, 11) is 0. The number of benzene rings is 1. The van der Waals surface area contributed by atoms with Crippen molar-refractivity contribution in [2.75, 3.05) is 5.32 Å². The quantitative estimate of drug-likeness (QED) is 0.187. The number of hydrogen-bond donors (Lipinski definition) is 1. The molecule has 6 rings (SSSR count). The molecule has 0 aliphatic rings. The Balaban J connectivity index is 1.52. The fraction of sp³-hybridized carbons (Fsp3) is 0.0968. The largest absolute Gasteiger partial charge is 0.472 e. The summed E-state index contributed by atoms with van der Waals surface area (Å²) in [5.41, 5.74) is 0.531. The van der Waals surface area contributed by atoms with Gasteiger partial charge in [0.15, 0.2) is 0 Å². The van der Waals surface area contributed by atoms with Crippen molar-refractivity contribution >= 4 is 34.7 Å². The molecule has 13 heteroatoms. The van der Waals surface area contributed by atoms with Crippen LogP contribution >= 0.6 is 22.9 Å². The van der Waals surface area contributed by atoms with E-state index < -0.39 is 23.2 Å². The fourth-order valence-corrected chi connectivity index (χ4v) is 5.80. The van der Waals surface area contributed by atoms with Gasteiger partial charge in [-0.3, -0.25) is 14.6 Å². The van der Waals surface area contributed by atoms with Crippen LogP contribution in [0.3, 0.4) is 0 Å². The summed E-state index contributed by atoms with van der Waals surface area (Å²) < 4.78 is 49.9. The van der Waals surface area contributed by atoms with Crippen LogP contribution in [0.2, 0.25) is 4.34 Å². The standard InChI is InChI=1S/C31H21ClF3N5O3S/c32-26-9-7-21(44-26)16-37-27-14-25(38-40(27)30(42)22-5-1-2-6-24(22)31(33,34)35)23-8-10-28(41)39(17-19-11-13-43-18-19)29(23)20-4-3-12-36-15-20/h1-15,18,37H,16-17H2. The third-order valence-electron chi connectivity index (χ3n) is 6.75. The van der Waals surface area contributed by atoms with Crippen molar-refractivity contribution in [1.82, 2.24) is 19.3 Å². The minimum Gasteiger partial charge on any atom is -0.472 e. The molecule has 5 aromatic heterocycles. The Bertz CT molecular complexity index is 2000. The Kier molecular flexibility index (Phi) is 7.93. The first-order valence-corrected chi connectivity index (χ1v) is 14.3. The van der Waals surface area contributed by atoms with Gasteiger partial charge in [0.2, 0.25) is 0 Å². The van der Waals surface area contributed by atoms with Crippen molar-refractivity contribution in [1.29, 1.82) is 0 Å². The molecule has 0 saturated heterocycles. The normalized spacial score (nSPS) is 11.5. The smallest absolute Gasteiger partial charge is 0.417 e. The number of pyridine rings is 2. The molecule has 0 radical (unpaired) electrons. The Morgan fingerprint density at radius 1 is 1.05 bits per heavy atom. The second kappa shape index (κ2) is 12.0. The van der Waals surface area contributed by atoms with Crippen molar-refractivity contribution in [2.24, 2.45) is 0 Å². The highest BCUT2D eigenvalue weighted by Crippen LogP contribution is 2.35. The molecular weight excluding hydrogens is 615 g/mol. The van der Waals surface area contributed by atoms with Gasteiger partial charge in [-0.25, -0.2) is 0 Å². The highest BCUT2D eigenvalue weighted by molar-refractivity contribution is 7.16. The number of hydrogen-bond acceptors (Lipinski definition) is 7. The van der Waals surface area contributed by atoms with E-state index in [4.69, 9.17) is 16.0 Å². The molecule has 0 aliphatic heterocycles. The number of furan rings is 1. The number of aromatic nitrogens is 4. The zero-order chi connectivity index (χ0) is 30.8. The van der Waals surface area contributed by atoms with Crippen molar-refractivity contribution in [3.05, 3.63) is 134 Å². The van der Waals surface area contributed by atoms with Gasteiger partial charge in [-0.2, -0.15) is 23.0 Å². The average molecular weight is 636 g/mol. The lowest BCUT2D eigenvalue weighted by Crippen LogP contribution is -2.22. The molecule has 0 unspecified atom stereocenters. The molecule has 0 saturated carbocycles. The van der Waals surface area contributed by atoms with Gasteiger partial charge in [0.1, 0.15) is 5.82 Å². The van der Waals surface area contributed by atoms with Crippen LogP contribution in [0.1, 0.15) is 26.4 Å². The van der Waals surface area contributed by atoms with E-state index in [0.29, 0.717) is 21.2 Å². The topological polar surface area (TPSA) is 95.0 Å². The first-order chi connectivity index (χ1) is 21.2. The molecule has 0 atom stereocenters. The van der Waals surface area contributed by atoms with Gasteiger partial charge in [-0.05, 0) is 48.5 Å². The predicted octanol–water partition coefficient (Wildman–Crippen LogP) is 7.45. The van der Waals surface area contributed by atoms with Crippen molar-refractivity contribution in [3.8, 4) is 22.5 Å². The first kappa shape index (κ1) is 29.1. The summed E-state index contributed by atoms with van der Waals surface area (Å²) in [5.74, 6) is -0.832. The van der Waals surface area contributed by atoms with Crippen LogP contribution in [-0.2, 0) is 19.3 Å². The van der Waals surface area contributed by atoms with Gasteiger partial charge in [0.25, 0.3) is 11.5 Å². The molecule has 5 heterocycles. The molecule has 0 fully saturated rings. The van der Waals surface area contributed by atoms with Crippen LogP contribution in [0.15, 0.2) is 107 Å². The minimum absolute atomic E-state index is 0.149. The Hall–Kier alpha value is -4.94. The van der Waals surface area contributed by atoms with E-state index >= 15 is 0 Å². The average Bonchev–Trinajstić information content (AvgIpc) is 3.78. The fourth-order valence-electron chi connectivity index (χ4n) is 4.77. The number of nitrogens with zero attached hydrogens (tertiary/aromatic N) is 4. The van der Waals surface area contributed by atoms with E-state index in [-0.39, 0.29) is 30.2 Å². The molecule has 0 aliphatic carbocycles. The lowest BCUT2D eigenvalue weighted by Gasteiger charge is -2.16. The van der Waals surface area contributed by atoms with E-state index in [0.717, 1.165) is 27.3 Å². The maximum Gasteiger partial charge on any atom is 0.417 e. The van der Waals surface area contributed by atoms with Crippen LogP contribution < -0.4 is 10.9 Å². The third kappa shape index (κ3) is 5.94. The molecule has 0 spiro atoms. The van der Waals surface area contributed by atoms with Crippen molar-refractivity contribution in [3.63, 3.8) is 0 Å². The number of halogens is 4. The number of carbonyl (C=O) groups excluding carboxylic acids is 1. The number of alkyl halides is 3. The molecule has 44 heavy (non-hydrogen) atoms. The van der Waals surface area contributed by atoms with E-state index in [1.54, 1.807) is 54.9 Å². The summed E-state index contributed by atoms with van der Waals surface area (Å²) >= 11 is 7.39. The van der Waals surface area contributed by atoms with Crippen LogP contribution in [0.5, 0.6) is 0 Å². The number of carbonyl (C=O) groups is 1. The summed E-state index contributed by atoms with van der Waals surface area (Å²) in [6, 6.07) is 17.8. The SMILES string of the molecule is O=C(c1ccccc1C(F)(F)F)n1nc(-c2ccc(=O)n(Cc3ccoc3)c2-c2cccnc2)cc1NCc1ccc(Cl)s1. The molecule has 0 bridgehead atoms. The monoisotopic (exact) mass is 635 g/mol. The van der Waals surface area contributed by atoms with Gasteiger partial charge in [0, 0.05) is 46.1 Å². The highest BCUT2D eigenvalue weighted by Gasteiger charge is 2.36. The lowest BCUT2D eigenvalue weighted by molar-refractivity contribution is -0.137. The van der Waals surface area contributed by atoms with Crippen LogP contribution in [0.25, 0.3) is 22.5 Å².